The summed E-state index contributed by atoms with van der Waals surface area (Å²) < 4.78 is 0. The number of fused-ring (bicyclic) bond motifs is 5. The van der Waals surface area contributed by atoms with Crippen LogP contribution in [0.2, 0.25) is 5.02 Å². The Bertz CT molecular complexity index is 933. The Morgan fingerprint density at radius 3 is 2.64 bits per heavy atom. The van der Waals surface area contributed by atoms with Crippen molar-refractivity contribution >= 4 is 29.0 Å². The second kappa shape index (κ2) is 5.06. The SMILES string of the molecule is O=C(c1ccc(Cl)cc1)[C@H]1[C@@H]2C=C[C@@H](C2)[C@@]12C(=O)Nc1ccccc12. The molecule has 5 rings (SSSR count). The van der Waals surface area contributed by atoms with E-state index in [9.17, 15) is 9.59 Å². The summed E-state index contributed by atoms with van der Waals surface area (Å²) >= 11 is 5.96. The van der Waals surface area contributed by atoms with Gasteiger partial charge >= 0.3 is 0 Å². The maximum Gasteiger partial charge on any atom is 0.236 e. The fraction of sp³-hybridized carbons (Fsp3) is 0.238. The Hall–Kier alpha value is -2.39. The Balaban J connectivity index is 1.69. The van der Waals surface area contributed by atoms with E-state index in [1.54, 1.807) is 24.3 Å². The van der Waals surface area contributed by atoms with Gasteiger partial charge in [-0.05, 0) is 54.2 Å². The number of amides is 1. The van der Waals surface area contributed by atoms with Crippen LogP contribution in [0.4, 0.5) is 5.69 Å². The molecule has 3 aliphatic rings. The topological polar surface area (TPSA) is 46.2 Å². The van der Waals surface area contributed by atoms with Crippen LogP contribution in [0.3, 0.4) is 0 Å². The van der Waals surface area contributed by atoms with Crippen LogP contribution >= 0.6 is 11.6 Å². The van der Waals surface area contributed by atoms with E-state index in [-0.39, 0.29) is 29.4 Å². The number of carbonyl (C=O) groups is 2. The lowest BCUT2D eigenvalue weighted by Gasteiger charge is -2.36. The van der Waals surface area contributed by atoms with E-state index < -0.39 is 5.41 Å². The summed E-state index contributed by atoms with van der Waals surface area (Å²) in [7, 11) is 0. The standard InChI is InChI=1S/C21H16ClNO2/c22-15-9-6-12(7-10-15)19(24)18-13-5-8-14(11-13)21(18)16-3-1-2-4-17(16)23-20(21)25/h1-10,13-14,18H,11H2,(H,23,25)/t13-,14+,18-,21+/m1/s1. The van der Waals surface area contributed by atoms with Crippen molar-refractivity contribution in [2.24, 2.45) is 17.8 Å². The van der Waals surface area contributed by atoms with Crippen LogP contribution in [0.5, 0.6) is 0 Å². The van der Waals surface area contributed by atoms with Crippen molar-refractivity contribution in [2.75, 3.05) is 5.32 Å². The maximum atomic E-state index is 13.4. The number of carbonyl (C=O) groups excluding carboxylic acids is 2. The predicted molar refractivity (Wildman–Crippen MR) is 96.8 cm³/mol. The average molecular weight is 350 g/mol. The number of allylic oxidation sites excluding steroid dienone is 2. The molecule has 0 aromatic heterocycles. The van der Waals surface area contributed by atoms with E-state index in [1.165, 1.54) is 0 Å². The first-order chi connectivity index (χ1) is 12.1. The number of benzene rings is 2. The van der Waals surface area contributed by atoms with Crippen LogP contribution in [0, 0.1) is 17.8 Å². The lowest BCUT2D eigenvalue weighted by Crippen LogP contribution is -2.48. The van der Waals surface area contributed by atoms with Crippen LogP contribution < -0.4 is 5.32 Å². The highest BCUT2D eigenvalue weighted by atomic mass is 35.5. The second-order valence-electron chi connectivity index (χ2n) is 7.11. The smallest absolute Gasteiger partial charge is 0.236 e. The summed E-state index contributed by atoms with van der Waals surface area (Å²) in [6.45, 7) is 0. The molecule has 1 amide bonds. The number of rotatable bonds is 2. The molecule has 1 saturated carbocycles. The van der Waals surface area contributed by atoms with E-state index in [0.29, 0.717) is 10.6 Å². The van der Waals surface area contributed by atoms with E-state index in [0.717, 1.165) is 17.7 Å². The van der Waals surface area contributed by atoms with Gasteiger partial charge < -0.3 is 5.32 Å². The first-order valence-corrected chi connectivity index (χ1v) is 8.89. The van der Waals surface area contributed by atoms with Gasteiger partial charge in [0, 0.05) is 22.2 Å². The van der Waals surface area contributed by atoms with Gasteiger partial charge in [0.2, 0.25) is 5.91 Å². The van der Waals surface area contributed by atoms with Gasteiger partial charge in [-0.25, -0.2) is 0 Å². The summed E-state index contributed by atoms with van der Waals surface area (Å²) in [5.74, 6) is -0.210. The third kappa shape index (κ3) is 1.82. The maximum absolute atomic E-state index is 13.4. The molecule has 4 atom stereocenters. The quantitative estimate of drug-likeness (QED) is 0.651. The first kappa shape index (κ1) is 14.9. The van der Waals surface area contributed by atoms with Crippen LogP contribution in [0.15, 0.2) is 60.7 Å². The van der Waals surface area contributed by atoms with Crippen molar-refractivity contribution in [1.82, 2.24) is 0 Å². The molecular weight excluding hydrogens is 334 g/mol. The minimum Gasteiger partial charge on any atom is -0.325 e. The van der Waals surface area contributed by atoms with Gasteiger partial charge in [0.15, 0.2) is 5.78 Å². The molecule has 2 aliphatic carbocycles. The molecule has 0 saturated heterocycles. The van der Waals surface area contributed by atoms with Gasteiger partial charge in [-0.2, -0.15) is 0 Å². The highest BCUT2D eigenvalue weighted by Gasteiger charge is 2.66. The van der Waals surface area contributed by atoms with Crippen molar-refractivity contribution in [3.05, 3.63) is 76.8 Å². The Morgan fingerprint density at radius 1 is 1.08 bits per heavy atom. The van der Waals surface area contributed by atoms with Crippen molar-refractivity contribution in [3.63, 3.8) is 0 Å². The number of hydrogen-bond acceptors (Lipinski definition) is 2. The molecule has 1 aliphatic heterocycles. The highest BCUT2D eigenvalue weighted by Crippen LogP contribution is 2.61. The zero-order valence-electron chi connectivity index (χ0n) is 13.4. The highest BCUT2D eigenvalue weighted by molar-refractivity contribution is 6.30. The normalized spacial score (nSPS) is 31.4. The van der Waals surface area contributed by atoms with E-state index in [1.807, 2.05) is 24.3 Å². The first-order valence-electron chi connectivity index (χ1n) is 8.51. The largest absolute Gasteiger partial charge is 0.325 e. The second-order valence-corrected chi connectivity index (χ2v) is 7.54. The molecule has 0 unspecified atom stereocenters. The molecule has 124 valence electrons. The number of anilines is 1. The van der Waals surface area contributed by atoms with Crippen LogP contribution in [0.25, 0.3) is 0 Å². The van der Waals surface area contributed by atoms with Gasteiger partial charge in [0.1, 0.15) is 0 Å². The molecule has 1 fully saturated rings. The Labute approximate surface area is 150 Å². The number of halogens is 1. The van der Waals surface area contributed by atoms with Crippen molar-refractivity contribution in [3.8, 4) is 0 Å². The van der Waals surface area contributed by atoms with Crippen molar-refractivity contribution in [2.45, 2.75) is 11.8 Å². The molecule has 2 aromatic carbocycles. The molecule has 3 nitrogen and oxygen atoms in total. The van der Waals surface area contributed by atoms with E-state index >= 15 is 0 Å². The van der Waals surface area contributed by atoms with Gasteiger partial charge in [-0.3, -0.25) is 9.59 Å². The molecule has 0 radical (unpaired) electrons. The van der Waals surface area contributed by atoms with Crippen molar-refractivity contribution in [1.29, 1.82) is 0 Å². The number of ketones is 1. The third-order valence-electron chi connectivity index (χ3n) is 6.03. The monoisotopic (exact) mass is 349 g/mol. The number of hydrogen-bond donors (Lipinski definition) is 1. The van der Waals surface area contributed by atoms with Gasteiger partial charge in [-0.15, -0.1) is 0 Å². The fourth-order valence-corrected chi connectivity index (χ4v) is 5.18. The van der Waals surface area contributed by atoms with Crippen molar-refractivity contribution < 1.29 is 9.59 Å². The molecule has 2 aromatic rings. The minimum absolute atomic E-state index is 0.0281. The van der Waals surface area contributed by atoms with E-state index in [2.05, 4.69) is 17.5 Å². The van der Waals surface area contributed by atoms with Gasteiger partial charge in [-0.1, -0.05) is 42.0 Å². The molecule has 4 heteroatoms. The lowest BCUT2D eigenvalue weighted by atomic mass is 9.63. The summed E-state index contributed by atoms with van der Waals surface area (Å²) in [5.41, 5.74) is 1.63. The van der Waals surface area contributed by atoms with Gasteiger partial charge in [0.25, 0.3) is 0 Å². The molecule has 2 bridgehead atoms. The molecule has 25 heavy (non-hydrogen) atoms. The summed E-state index contributed by atoms with van der Waals surface area (Å²) in [6, 6.07) is 14.7. The lowest BCUT2D eigenvalue weighted by molar-refractivity contribution is -0.122. The molecule has 1 spiro atoms. The van der Waals surface area contributed by atoms with E-state index in [4.69, 9.17) is 11.6 Å². The van der Waals surface area contributed by atoms with Gasteiger partial charge in [0.05, 0.1) is 5.41 Å². The molecule has 1 heterocycles. The average Bonchev–Trinajstić information content (AvgIpc) is 3.29. The number of para-hydroxylation sites is 1. The zero-order valence-corrected chi connectivity index (χ0v) is 14.2. The Kier molecular flexibility index (Phi) is 3.02. The zero-order chi connectivity index (χ0) is 17.2. The number of nitrogens with one attached hydrogen (secondary N) is 1. The predicted octanol–water partition coefficient (Wildman–Crippen LogP) is 4.23. The minimum atomic E-state index is -0.785. The van der Waals surface area contributed by atoms with Crippen LogP contribution in [-0.4, -0.2) is 11.7 Å². The van der Waals surface area contributed by atoms with Crippen LogP contribution in [-0.2, 0) is 10.2 Å². The summed E-state index contributed by atoms with van der Waals surface area (Å²) in [4.78, 5) is 26.5. The summed E-state index contributed by atoms with van der Waals surface area (Å²) in [5, 5.41) is 3.61. The molecular formula is C21H16ClNO2. The third-order valence-corrected chi connectivity index (χ3v) is 6.28. The van der Waals surface area contributed by atoms with Crippen LogP contribution in [0.1, 0.15) is 22.3 Å². The molecule has 1 N–H and O–H groups in total. The summed E-state index contributed by atoms with van der Waals surface area (Å²) in [6.07, 6.45) is 5.09. The fourth-order valence-electron chi connectivity index (χ4n) is 5.05. The Morgan fingerprint density at radius 2 is 1.84 bits per heavy atom. The number of Topliss-reactive ketones (excluding diaryl/α,β-unsaturated/α-hetero) is 1.